The molecule has 0 radical (unpaired) electrons. The molecule has 0 saturated heterocycles. The molecule has 1 unspecified atom stereocenters. The van der Waals surface area contributed by atoms with Crippen LogP contribution in [-0.4, -0.2) is 18.7 Å². The van der Waals surface area contributed by atoms with E-state index in [0.29, 0.717) is 28.8 Å². The first kappa shape index (κ1) is 44.2. The average molecular weight is 1150 g/mol. The monoisotopic (exact) mass is 1150 g/mol. The third kappa shape index (κ3) is 8.59. The number of ether oxygens (including phenoxy) is 1. The van der Waals surface area contributed by atoms with E-state index >= 15 is 0 Å². The number of aryl methyl sites for hydroxylation is 2. The zero-order valence-electron chi connectivity index (χ0n) is 46.0. The van der Waals surface area contributed by atoms with Crippen LogP contribution in [0.3, 0.4) is 0 Å². The maximum absolute atomic E-state index is 8.82. The van der Waals surface area contributed by atoms with Crippen LogP contribution in [0, 0.1) is 28.7 Å². The molecule has 6 heteroatoms. The number of hydrogen-bond acceptors (Lipinski definition) is 2. The summed E-state index contributed by atoms with van der Waals surface area (Å²) >= 11 is 2.48. The number of hydrogen-bond donors (Lipinski definition) is 0. The van der Waals surface area contributed by atoms with Crippen molar-refractivity contribution in [1.82, 2.24) is 18.7 Å². The Kier molecular flexibility index (Phi) is 11.1. The fourth-order valence-electron chi connectivity index (χ4n) is 10.9. The first-order valence-electron chi connectivity index (χ1n) is 27.2. The standard InChI is InChI=1S/C68H60N4O.Pt/c1-44-26-27-49-37-63-59(36-50(49)34-44)56-33-32-55(41-64(56)72(63)65-35-45(2)60(42-69-65)48-28-30-51(31-29-48)67(3,4)5)73-54-23-17-22-53(40-54)70-43-71(62-25-16-15-24-61(62)70)66-57(46-18-11-9-12-19-46)38-52(68(6,7)8)39-58(66)47-20-13-10-14-21-47;/h9-25,28-33,35-39,42,44H,26-27,34H2,1-8H3;/q-2;/i2D3;. The third-order valence-corrected chi connectivity index (χ3v) is 15.9. The van der Waals surface area contributed by atoms with Crippen molar-refractivity contribution >= 4 is 32.8 Å². The molecule has 8 aromatic carbocycles. The zero-order chi connectivity index (χ0) is 53.5. The van der Waals surface area contributed by atoms with E-state index in [-0.39, 0.29) is 16.4 Å². The van der Waals surface area contributed by atoms with E-state index in [1.807, 2.05) is 30.3 Å². The van der Waals surface area contributed by atoms with Crippen LogP contribution in [-0.2, 0) is 43.0 Å². The molecule has 3 heterocycles. The minimum absolute atomic E-state index is 0.0398. The molecule has 12 rings (SSSR count). The van der Waals surface area contributed by atoms with E-state index in [4.69, 9.17) is 13.8 Å². The normalized spacial score (nSPS) is 14.8. The Morgan fingerprint density at radius 1 is 0.581 bits per heavy atom. The summed E-state index contributed by atoms with van der Waals surface area (Å²) in [6.45, 7) is 13.3. The van der Waals surface area contributed by atoms with Crippen LogP contribution in [0.1, 0.15) is 86.8 Å². The van der Waals surface area contributed by atoms with E-state index in [2.05, 4.69) is 227 Å². The van der Waals surface area contributed by atoms with Gasteiger partial charge in [-0.2, -0.15) is 0 Å². The molecule has 0 amide bonds. The Morgan fingerprint density at radius 2 is 1.22 bits per heavy atom. The molecule has 0 saturated carbocycles. The molecule has 5 nitrogen and oxygen atoms in total. The predicted octanol–water partition coefficient (Wildman–Crippen LogP) is 17.4. The summed E-state index contributed by atoms with van der Waals surface area (Å²) in [6.07, 6.45) is 4.84. The van der Waals surface area contributed by atoms with E-state index in [1.165, 1.54) is 22.3 Å². The van der Waals surface area contributed by atoms with Crippen molar-refractivity contribution in [3.63, 3.8) is 0 Å². The number of para-hydroxylation sites is 2. The molecule has 0 aliphatic heterocycles. The summed E-state index contributed by atoms with van der Waals surface area (Å²) in [5.74, 6) is 2.14. The number of imidazole rings is 1. The van der Waals surface area contributed by atoms with Crippen molar-refractivity contribution < 1.29 is 28.2 Å². The number of rotatable bonds is 8. The zero-order valence-corrected chi connectivity index (χ0v) is 45.2. The van der Waals surface area contributed by atoms with Crippen LogP contribution in [0.4, 0.5) is 0 Å². The fourth-order valence-corrected chi connectivity index (χ4v) is 12.0. The second-order valence-corrected chi connectivity index (χ2v) is 23.1. The van der Waals surface area contributed by atoms with Gasteiger partial charge < -0.3 is 0 Å². The first-order chi connectivity index (χ1) is 36.9. The molecule has 0 N–H and O–H groups in total. The van der Waals surface area contributed by atoms with Gasteiger partial charge in [-0.1, -0.05) is 52.0 Å². The van der Waals surface area contributed by atoms with Gasteiger partial charge in [-0.15, -0.1) is 0 Å². The fraction of sp³-hybridized carbons (Fsp3) is 0.206. The van der Waals surface area contributed by atoms with Crippen molar-refractivity contribution in [2.24, 2.45) is 5.92 Å². The van der Waals surface area contributed by atoms with E-state index in [9.17, 15) is 0 Å². The summed E-state index contributed by atoms with van der Waals surface area (Å²) in [5.41, 5.74) is 16.9. The van der Waals surface area contributed by atoms with E-state index in [1.54, 1.807) is 12.3 Å². The SMILES string of the molecule is [2H]C([2H])([2H])c1cc(-n2c3[c-]c(Oc4[c-]c(-n5[c](=[Pt])n(-c6c(-c7ccccc7)cc(C(C)(C)C)cc6-c6ccccc6)c6ccccc65)ccc4)ccc3c3cc4c(cc32)CCC(C)C4)ncc1-c1ccc(C(C)(C)C)cc1. The van der Waals surface area contributed by atoms with Gasteiger partial charge in [-0.25, -0.2) is 0 Å². The van der Waals surface area contributed by atoms with Crippen LogP contribution in [0.2, 0.25) is 0 Å². The van der Waals surface area contributed by atoms with Gasteiger partial charge in [0.15, 0.2) is 0 Å². The Labute approximate surface area is 450 Å². The Bertz CT molecular complexity index is 4080. The summed E-state index contributed by atoms with van der Waals surface area (Å²) in [5, 5.41) is 2.06. The van der Waals surface area contributed by atoms with Gasteiger partial charge in [-0.05, 0) is 65.3 Å². The smallest absolute Gasteiger partial charge is 0.0622 e. The molecule has 1 atom stereocenters. The van der Waals surface area contributed by atoms with Crippen molar-refractivity contribution in [3.8, 4) is 62.1 Å². The summed E-state index contributed by atoms with van der Waals surface area (Å²) in [6, 6.07) is 66.7. The number of aromatic nitrogens is 4. The number of nitrogens with zero attached hydrogens (tertiary/aromatic N) is 4. The molecular formula is C68H60N4OPt-2. The molecule has 74 heavy (non-hydrogen) atoms. The molecule has 1 aliphatic rings. The number of pyridine rings is 1. The second kappa shape index (κ2) is 18.6. The summed E-state index contributed by atoms with van der Waals surface area (Å²) in [4.78, 5) is 5.08. The van der Waals surface area contributed by atoms with Crippen molar-refractivity contribution in [2.75, 3.05) is 0 Å². The van der Waals surface area contributed by atoms with Crippen molar-refractivity contribution in [1.29, 1.82) is 0 Å². The van der Waals surface area contributed by atoms with Gasteiger partial charge in [0.2, 0.25) is 0 Å². The molecular weight excluding hydrogens is 1080 g/mol. The molecule has 0 spiro atoms. The quantitative estimate of drug-likeness (QED) is 0.142. The molecule has 0 fully saturated rings. The van der Waals surface area contributed by atoms with Crippen LogP contribution in [0.15, 0.2) is 176 Å². The summed E-state index contributed by atoms with van der Waals surface area (Å²) in [7, 11) is 0. The maximum atomic E-state index is 8.82. The number of fused-ring (bicyclic) bond motifs is 5. The van der Waals surface area contributed by atoms with Crippen LogP contribution < -0.4 is 4.74 Å². The first-order valence-corrected chi connectivity index (χ1v) is 26.8. The van der Waals surface area contributed by atoms with Crippen molar-refractivity contribution in [3.05, 3.63) is 220 Å². The van der Waals surface area contributed by atoms with Gasteiger partial charge in [0.25, 0.3) is 0 Å². The third-order valence-electron chi connectivity index (χ3n) is 14.9. The second-order valence-electron chi connectivity index (χ2n) is 22.1. The van der Waals surface area contributed by atoms with E-state index in [0.717, 1.165) is 95.1 Å². The number of benzene rings is 8. The molecule has 370 valence electrons. The minimum atomic E-state index is -2.41. The minimum Gasteiger partial charge on any atom is -0.0622 e. The Hall–Kier alpha value is -7.33. The van der Waals surface area contributed by atoms with Crippen LogP contribution >= 0.6 is 0 Å². The summed E-state index contributed by atoms with van der Waals surface area (Å²) < 4.78 is 41.0. The predicted molar refractivity (Wildman–Crippen MR) is 302 cm³/mol. The van der Waals surface area contributed by atoms with Gasteiger partial charge in [0.05, 0.1) is 0 Å². The molecule has 1 aliphatic carbocycles. The van der Waals surface area contributed by atoms with Crippen LogP contribution in [0.5, 0.6) is 11.5 Å². The molecule has 3 aromatic heterocycles. The topological polar surface area (TPSA) is 36.9 Å². The molecule has 11 aromatic rings. The van der Waals surface area contributed by atoms with Gasteiger partial charge in [0.1, 0.15) is 0 Å². The van der Waals surface area contributed by atoms with E-state index < -0.39 is 6.85 Å². The Morgan fingerprint density at radius 3 is 1.88 bits per heavy atom. The van der Waals surface area contributed by atoms with Crippen molar-refractivity contribution in [2.45, 2.75) is 85.4 Å². The van der Waals surface area contributed by atoms with Crippen LogP contribution in [0.25, 0.3) is 83.4 Å². The Balaban J connectivity index is 0.996. The molecule has 0 bridgehead atoms. The van der Waals surface area contributed by atoms with Gasteiger partial charge in [0, 0.05) is 15.9 Å². The van der Waals surface area contributed by atoms with Gasteiger partial charge >= 0.3 is 320 Å². The van der Waals surface area contributed by atoms with Gasteiger partial charge in [-0.3, -0.25) is 0 Å². The average Bonchev–Trinajstić information content (AvgIpc) is 4.14.